The van der Waals surface area contributed by atoms with Gasteiger partial charge in [0.25, 0.3) is 0 Å². The summed E-state index contributed by atoms with van der Waals surface area (Å²) in [6.45, 7) is 1.49. The smallest absolute Gasteiger partial charge is 0.314 e. The van der Waals surface area contributed by atoms with Crippen LogP contribution in [-0.4, -0.2) is 37.0 Å². The summed E-state index contributed by atoms with van der Waals surface area (Å²) in [5.74, 6) is -0.773. The quantitative estimate of drug-likeness (QED) is 0.616. The molecule has 1 N–H and O–H groups in total. The van der Waals surface area contributed by atoms with Crippen molar-refractivity contribution in [2.75, 3.05) is 19.8 Å². The third-order valence-electron chi connectivity index (χ3n) is 2.79. The van der Waals surface area contributed by atoms with E-state index in [9.17, 15) is 4.79 Å². The Balaban J connectivity index is 2.23. The Kier molecular flexibility index (Phi) is 1.81. The second-order valence-electron chi connectivity index (χ2n) is 3.41. The molecule has 0 aromatic rings. The van der Waals surface area contributed by atoms with Gasteiger partial charge >= 0.3 is 5.97 Å². The summed E-state index contributed by atoms with van der Waals surface area (Å²) in [6, 6.07) is 0. The number of carboxylic acid groups (broad SMARTS) is 1. The van der Waals surface area contributed by atoms with Crippen LogP contribution >= 0.6 is 0 Å². The monoisotopic (exact) mass is 172 g/mol. The van der Waals surface area contributed by atoms with Crippen molar-refractivity contribution < 1.29 is 19.4 Å². The first-order valence-corrected chi connectivity index (χ1v) is 4.18. The molecule has 2 atom stereocenters. The van der Waals surface area contributed by atoms with E-state index in [1.807, 2.05) is 0 Å². The SMILES string of the molecule is O=C(O)C12CCOC1CCOC2. The van der Waals surface area contributed by atoms with Gasteiger partial charge in [0.1, 0.15) is 5.41 Å². The second kappa shape index (κ2) is 2.71. The second-order valence-corrected chi connectivity index (χ2v) is 3.41. The average molecular weight is 172 g/mol. The highest BCUT2D eigenvalue weighted by atomic mass is 16.5. The van der Waals surface area contributed by atoms with Gasteiger partial charge < -0.3 is 14.6 Å². The fourth-order valence-corrected chi connectivity index (χ4v) is 1.98. The molecule has 12 heavy (non-hydrogen) atoms. The van der Waals surface area contributed by atoms with Gasteiger partial charge in [-0.05, 0) is 12.8 Å². The third kappa shape index (κ3) is 0.949. The molecule has 0 aromatic heterocycles. The normalized spacial score (nSPS) is 40.8. The molecule has 0 bridgehead atoms. The summed E-state index contributed by atoms with van der Waals surface area (Å²) < 4.78 is 10.5. The van der Waals surface area contributed by atoms with Crippen LogP contribution in [0.5, 0.6) is 0 Å². The van der Waals surface area contributed by atoms with E-state index in [-0.39, 0.29) is 6.10 Å². The topological polar surface area (TPSA) is 55.8 Å². The minimum absolute atomic E-state index is 0.122. The summed E-state index contributed by atoms with van der Waals surface area (Å²) in [5, 5.41) is 9.04. The minimum atomic E-state index is -0.773. The zero-order chi connectivity index (χ0) is 8.60. The van der Waals surface area contributed by atoms with Crippen molar-refractivity contribution in [2.45, 2.75) is 18.9 Å². The molecule has 0 aliphatic carbocycles. The van der Waals surface area contributed by atoms with Gasteiger partial charge in [-0.3, -0.25) is 4.79 Å². The Labute approximate surface area is 70.5 Å². The van der Waals surface area contributed by atoms with Gasteiger partial charge in [0.15, 0.2) is 0 Å². The standard InChI is InChI=1S/C8H12O4/c9-7(10)8-2-4-12-6(8)1-3-11-5-8/h6H,1-5H2,(H,9,10). The van der Waals surface area contributed by atoms with Crippen LogP contribution in [0.15, 0.2) is 0 Å². The van der Waals surface area contributed by atoms with Gasteiger partial charge in [-0.1, -0.05) is 0 Å². The lowest BCUT2D eigenvalue weighted by Gasteiger charge is -2.33. The first-order valence-electron chi connectivity index (χ1n) is 4.18. The fourth-order valence-electron chi connectivity index (χ4n) is 1.98. The molecule has 0 amide bonds. The molecule has 2 rings (SSSR count). The Morgan fingerprint density at radius 3 is 3.00 bits per heavy atom. The van der Waals surface area contributed by atoms with Crippen molar-refractivity contribution in [1.82, 2.24) is 0 Å². The zero-order valence-corrected chi connectivity index (χ0v) is 6.78. The van der Waals surface area contributed by atoms with Crippen LogP contribution in [0, 0.1) is 5.41 Å². The molecule has 4 nitrogen and oxygen atoms in total. The predicted octanol–water partition coefficient (Wildman–Crippen LogP) is 0.267. The molecular formula is C8H12O4. The van der Waals surface area contributed by atoms with Gasteiger partial charge in [0.05, 0.1) is 12.7 Å². The van der Waals surface area contributed by atoms with Crippen LogP contribution in [0.25, 0.3) is 0 Å². The minimum Gasteiger partial charge on any atom is -0.481 e. The number of fused-ring (bicyclic) bond motifs is 1. The van der Waals surface area contributed by atoms with Crippen LogP contribution in [0.2, 0.25) is 0 Å². The molecule has 2 saturated heterocycles. The molecule has 4 heteroatoms. The lowest BCUT2D eigenvalue weighted by molar-refractivity contribution is -0.164. The van der Waals surface area contributed by atoms with Crippen LogP contribution in [0.4, 0.5) is 0 Å². The maximum absolute atomic E-state index is 11.0. The highest BCUT2D eigenvalue weighted by Crippen LogP contribution is 2.39. The summed E-state index contributed by atoms with van der Waals surface area (Å²) in [5.41, 5.74) is -0.738. The molecule has 2 heterocycles. The highest BCUT2D eigenvalue weighted by Gasteiger charge is 2.52. The lowest BCUT2D eigenvalue weighted by atomic mass is 9.79. The van der Waals surface area contributed by atoms with E-state index in [0.29, 0.717) is 32.7 Å². The van der Waals surface area contributed by atoms with E-state index in [4.69, 9.17) is 14.6 Å². The van der Waals surface area contributed by atoms with E-state index in [1.54, 1.807) is 0 Å². The lowest BCUT2D eigenvalue weighted by Crippen LogP contribution is -2.46. The van der Waals surface area contributed by atoms with E-state index >= 15 is 0 Å². The summed E-state index contributed by atoms with van der Waals surface area (Å²) in [4.78, 5) is 11.0. The van der Waals surface area contributed by atoms with Crippen LogP contribution in [0.3, 0.4) is 0 Å². The average Bonchev–Trinajstić information content (AvgIpc) is 2.48. The molecule has 0 radical (unpaired) electrons. The number of ether oxygens (including phenoxy) is 2. The number of aliphatic carboxylic acids is 1. The van der Waals surface area contributed by atoms with Gasteiger partial charge in [0.2, 0.25) is 0 Å². The molecule has 2 aliphatic heterocycles. The van der Waals surface area contributed by atoms with Crippen molar-refractivity contribution in [3.05, 3.63) is 0 Å². The predicted molar refractivity (Wildman–Crippen MR) is 39.9 cm³/mol. The number of hydrogen-bond donors (Lipinski definition) is 1. The Bertz CT molecular complexity index is 203. The summed E-state index contributed by atoms with van der Waals surface area (Å²) >= 11 is 0. The fraction of sp³-hybridized carbons (Fsp3) is 0.875. The van der Waals surface area contributed by atoms with Crippen molar-refractivity contribution in [3.63, 3.8) is 0 Å². The number of hydrogen-bond acceptors (Lipinski definition) is 3. The van der Waals surface area contributed by atoms with E-state index in [2.05, 4.69) is 0 Å². The van der Waals surface area contributed by atoms with Crippen LogP contribution in [0.1, 0.15) is 12.8 Å². The number of carbonyl (C=O) groups is 1. The zero-order valence-electron chi connectivity index (χ0n) is 6.78. The number of carboxylic acids is 1. The summed E-state index contributed by atoms with van der Waals surface area (Å²) in [6.07, 6.45) is 1.18. The molecule has 0 saturated carbocycles. The van der Waals surface area contributed by atoms with E-state index < -0.39 is 11.4 Å². The van der Waals surface area contributed by atoms with Crippen LogP contribution in [-0.2, 0) is 14.3 Å². The van der Waals surface area contributed by atoms with E-state index in [1.165, 1.54) is 0 Å². The Morgan fingerprint density at radius 1 is 1.50 bits per heavy atom. The maximum atomic E-state index is 11.0. The van der Waals surface area contributed by atoms with Gasteiger partial charge in [-0.25, -0.2) is 0 Å². The Morgan fingerprint density at radius 2 is 2.33 bits per heavy atom. The number of rotatable bonds is 1. The molecular weight excluding hydrogens is 160 g/mol. The first kappa shape index (κ1) is 8.01. The molecule has 0 aromatic carbocycles. The summed E-state index contributed by atoms with van der Waals surface area (Å²) in [7, 11) is 0. The van der Waals surface area contributed by atoms with Gasteiger partial charge in [-0.2, -0.15) is 0 Å². The van der Waals surface area contributed by atoms with E-state index in [0.717, 1.165) is 0 Å². The van der Waals surface area contributed by atoms with Crippen molar-refractivity contribution in [1.29, 1.82) is 0 Å². The third-order valence-corrected chi connectivity index (χ3v) is 2.79. The van der Waals surface area contributed by atoms with Crippen molar-refractivity contribution >= 4 is 5.97 Å². The van der Waals surface area contributed by atoms with Gasteiger partial charge in [-0.15, -0.1) is 0 Å². The first-order chi connectivity index (χ1) is 5.76. The molecule has 2 unspecified atom stereocenters. The Hall–Kier alpha value is -0.610. The molecule has 68 valence electrons. The van der Waals surface area contributed by atoms with Crippen molar-refractivity contribution in [3.8, 4) is 0 Å². The highest BCUT2D eigenvalue weighted by molar-refractivity contribution is 5.76. The largest absolute Gasteiger partial charge is 0.481 e. The molecule has 2 fully saturated rings. The molecule has 0 spiro atoms. The van der Waals surface area contributed by atoms with Gasteiger partial charge in [0, 0.05) is 13.2 Å². The maximum Gasteiger partial charge on any atom is 0.314 e. The van der Waals surface area contributed by atoms with Crippen LogP contribution < -0.4 is 0 Å². The molecule has 2 aliphatic rings. The van der Waals surface area contributed by atoms with Crippen molar-refractivity contribution in [2.24, 2.45) is 5.41 Å².